The fourth-order valence-electron chi connectivity index (χ4n) is 2.04. The summed E-state index contributed by atoms with van der Waals surface area (Å²) in [6, 6.07) is 1.82. The zero-order chi connectivity index (χ0) is 12.6. The van der Waals surface area contributed by atoms with Gasteiger partial charge in [-0.1, -0.05) is 13.8 Å². The molecule has 0 aromatic carbocycles. The first-order valence-corrected chi connectivity index (χ1v) is 6.31. The fourth-order valence-corrected chi connectivity index (χ4v) is 2.04. The first-order valence-electron chi connectivity index (χ1n) is 6.31. The predicted molar refractivity (Wildman–Crippen MR) is 71.0 cm³/mol. The summed E-state index contributed by atoms with van der Waals surface area (Å²) in [5.74, 6) is 3.24. The lowest BCUT2D eigenvalue weighted by molar-refractivity contribution is 0.492. The lowest BCUT2D eigenvalue weighted by Crippen LogP contribution is -2.33. The summed E-state index contributed by atoms with van der Waals surface area (Å²) in [5.41, 5.74) is 5.91. The molecule has 0 atom stereocenters. The maximum atomic E-state index is 5.82. The number of nitrogen functional groups attached to an aromatic ring is 1. The largest absolute Gasteiger partial charge is 0.384 e. The molecule has 1 aromatic heterocycles. The number of nitrogens with zero attached hydrogens (tertiary/aromatic N) is 2. The van der Waals surface area contributed by atoms with E-state index >= 15 is 0 Å². The third-order valence-electron chi connectivity index (χ3n) is 3.33. The van der Waals surface area contributed by atoms with Gasteiger partial charge in [-0.05, 0) is 32.6 Å². The Kier molecular flexibility index (Phi) is 2.98. The number of nitrogens with two attached hydrogens (primary N) is 1. The van der Waals surface area contributed by atoms with Gasteiger partial charge in [-0.2, -0.15) is 0 Å². The van der Waals surface area contributed by atoms with Gasteiger partial charge in [0.15, 0.2) is 0 Å². The van der Waals surface area contributed by atoms with Gasteiger partial charge in [0.05, 0.1) is 0 Å². The lowest BCUT2D eigenvalue weighted by atomic mass is 9.99. The fraction of sp³-hybridized carbons (Fsp3) is 0.692. The number of nitrogens with one attached hydrogen (secondary N) is 1. The maximum absolute atomic E-state index is 5.82. The van der Waals surface area contributed by atoms with Crippen molar-refractivity contribution in [3.8, 4) is 0 Å². The molecule has 1 saturated carbocycles. The Bertz CT molecular complexity index is 408. The van der Waals surface area contributed by atoms with Gasteiger partial charge >= 0.3 is 0 Å². The third kappa shape index (κ3) is 2.87. The van der Waals surface area contributed by atoms with E-state index in [-0.39, 0.29) is 5.54 Å². The summed E-state index contributed by atoms with van der Waals surface area (Å²) >= 11 is 0. The summed E-state index contributed by atoms with van der Waals surface area (Å²) in [6.07, 6.45) is 2.61. The molecule has 1 aromatic rings. The second-order valence-electron chi connectivity index (χ2n) is 5.81. The van der Waals surface area contributed by atoms with Crippen LogP contribution in [0.4, 0.5) is 11.6 Å². The average molecular weight is 234 g/mol. The number of hydrogen-bond acceptors (Lipinski definition) is 4. The highest BCUT2D eigenvalue weighted by molar-refractivity contribution is 5.46. The highest BCUT2D eigenvalue weighted by atomic mass is 15.1. The smallest absolute Gasteiger partial charge is 0.135 e. The van der Waals surface area contributed by atoms with E-state index in [2.05, 4.69) is 43.0 Å². The zero-order valence-corrected chi connectivity index (χ0v) is 11.1. The first-order chi connectivity index (χ1) is 7.88. The molecule has 4 heteroatoms. The molecule has 0 spiro atoms. The summed E-state index contributed by atoms with van der Waals surface area (Å²) in [6.45, 7) is 8.59. The Balaban J connectivity index is 2.20. The summed E-state index contributed by atoms with van der Waals surface area (Å²) < 4.78 is 0. The summed E-state index contributed by atoms with van der Waals surface area (Å²) in [5, 5.41) is 3.49. The van der Waals surface area contributed by atoms with Crippen LogP contribution in [0.3, 0.4) is 0 Å². The molecule has 94 valence electrons. The van der Waals surface area contributed by atoms with Crippen LogP contribution in [0.15, 0.2) is 6.07 Å². The Labute approximate surface area is 103 Å². The van der Waals surface area contributed by atoms with E-state index in [9.17, 15) is 0 Å². The summed E-state index contributed by atoms with van der Waals surface area (Å²) in [7, 11) is 0. The van der Waals surface area contributed by atoms with Gasteiger partial charge < -0.3 is 11.1 Å². The number of rotatable bonds is 4. The highest BCUT2D eigenvalue weighted by Gasteiger charge is 2.37. The molecule has 0 amide bonds. The monoisotopic (exact) mass is 234 g/mol. The van der Waals surface area contributed by atoms with Gasteiger partial charge in [-0.25, -0.2) is 9.97 Å². The van der Waals surface area contributed by atoms with Crippen LogP contribution in [0.25, 0.3) is 0 Å². The molecule has 0 aliphatic heterocycles. The number of anilines is 2. The Morgan fingerprint density at radius 1 is 1.35 bits per heavy atom. The molecule has 0 radical (unpaired) electrons. The van der Waals surface area contributed by atoms with Crippen LogP contribution in [0.1, 0.15) is 52.3 Å². The number of hydrogen-bond donors (Lipinski definition) is 2. The Hall–Kier alpha value is -1.32. The average Bonchev–Trinajstić information content (AvgIpc) is 2.98. The van der Waals surface area contributed by atoms with E-state index in [0.717, 1.165) is 17.6 Å². The molecule has 4 nitrogen and oxygen atoms in total. The van der Waals surface area contributed by atoms with Crippen LogP contribution in [0.2, 0.25) is 0 Å². The minimum absolute atomic E-state index is 0.0923. The Morgan fingerprint density at radius 2 is 2.00 bits per heavy atom. The standard InChI is InChI=1S/C13H22N4/c1-8(2)12-15-10(14)7-11(16-12)17-13(3,4)9-5-6-9/h7-9H,5-6H2,1-4H3,(H3,14,15,16,17). The molecule has 0 bridgehead atoms. The van der Waals surface area contributed by atoms with E-state index in [1.54, 1.807) is 0 Å². The molecule has 2 rings (SSSR count). The second-order valence-corrected chi connectivity index (χ2v) is 5.81. The second kappa shape index (κ2) is 4.17. The van der Waals surface area contributed by atoms with Gasteiger partial charge in [0.1, 0.15) is 17.5 Å². The lowest BCUT2D eigenvalue weighted by Gasteiger charge is -2.27. The minimum atomic E-state index is 0.0923. The highest BCUT2D eigenvalue weighted by Crippen LogP contribution is 2.40. The normalized spacial score (nSPS) is 16.3. The molecule has 1 aliphatic rings. The van der Waals surface area contributed by atoms with Gasteiger partial charge in [-0.15, -0.1) is 0 Å². The predicted octanol–water partition coefficient (Wildman–Crippen LogP) is 2.78. The van der Waals surface area contributed by atoms with Crippen LogP contribution in [-0.2, 0) is 0 Å². The molecular formula is C13H22N4. The Morgan fingerprint density at radius 3 is 2.53 bits per heavy atom. The molecule has 3 N–H and O–H groups in total. The van der Waals surface area contributed by atoms with Gasteiger partial charge in [0.25, 0.3) is 0 Å². The van der Waals surface area contributed by atoms with Crippen molar-refractivity contribution < 1.29 is 0 Å². The van der Waals surface area contributed by atoms with Crippen molar-refractivity contribution in [3.05, 3.63) is 11.9 Å². The molecule has 1 aliphatic carbocycles. The molecule has 0 unspecified atom stereocenters. The van der Waals surface area contributed by atoms with Crippen molar-refractivity contribution in [2.75, 3.05) is 11.1 Å². The van der Waals surface area contributed by atoms with Crippen molar-refractivity contribution in [3.63, 3.8) is 0 Å². The van der Waals surface area contributed by atoms with Crippen molar-refractivity contribution in [1.82, 2.24) is 9.97 Å². The zero-order valence-electron chi connectivity index (χ0n) is 11.1. The van der Waals surface area contributed by atoms with E-state index in [4.69, 9.17) is 5.73 Å². The van der Waals surface area contributed by atoms with Crippen LogP contribution in [0, 0.1) is 5.92 Å². The SMILES string of the molecule is CC(C)c1nc(N)cc(NC(C)(C)C2CC2)n1. The van der Waals surface area contributed by atoms with Crippen LogP contribution >= 0.6 is 0 Å². The van der Waals surface area contributed by atoms with E-state index < -0.39 is 0 Å². The molecule has 1 heterocycles. The van der Waals surface area contributed by atoms with Crippen molar-refractivity contribution >= 4 is 11.6 Å². The molecule has 17 heavy (non-hydrogen) atoms. The molecular weight excluding hydrogens is 212 g/mol. The van der Waals surface area contributed by atoms with E-state index in [1.807, 2.05) is 6.07 Å². The van der Waals surface area contributed by atoms with Crippen LogP contribution < -0.4 is 11.1 Å². The van der Waals surface area contributed by atoms with Crippen LogP contribution in [-0.4, -0.2) is 15.5 Å². The van der Waals surface area contributed by atoms with E-state index in [1.165, 1.54) is 12.8 Å². The van der Waals surface area contributed by atoms with Gasteiger partial charge in [0, 0.05) is 17.5 Å². The summed E-state index contributed by atoms with van der Waals surface area (Å²) in [4.78, 5) is 8.78. The van der Waals surface area contributed by atoms with Gasteiger partial charge in [-0.3, -0.25) is 0 Å². The van der Waals surface area contributed by atoms with Crippen molar-refractivity contribution in [2.24, 2.45) is 5.92 Å². The maximum Gasteiger partial charge on any atom is 0.135 e. The van der Waals surface area contributed by atoms with Crippen molar-refractivity contribution in [1.29, 1.82) is 0 Å². The molecule has 0 saturated heterocycles. The van der Waals surface area contributed by atoms with E-state index in [0.29, 0.717) is 11.7 Å². The van der Waals surface area contributed by atoms with Crippen molar-refractivity contribution in [2.45, 2.75) is 52.0 Å². The molecule has 1 fully saturated rings. The number of aromatic nitrogens is 2. The third-order valence-corrected chi connectivity index (χ3v) is 3.33. The quantitative estimate of drug-likeness (QED) is 0.840. The van der Waals surface area contributed by atoms with Gasteiger partial charge in [0.2, 0.25) is 0 Å². The van der Waals surface area contributed by atoms with Crippen LogP contribution in [0.5, 0.6) is 0 Å². The topological polar surface area (TPSA) is 63.8 Å². The first kappa shape index (κ1) is 12.1. The minimum Gasteiger partial charge on any atom is -0.384 e.